The molecule has 0 saturated carbocycles. The summed E-state index contributed by atoms with van der Waals surface area (Å²) in [7, 11) is 0. The molecule has 0 unspecified atom stereocenters. The third kappa shape index (κ3) is 0.865. The summed E-state index contributed by atoms with van der Waals surface area (Å²) < 4.78 is 2.05. The molecule has 3 nitrogen and oxygen atoms in total. The predicted octanol–water partition coefficient (Wildman–Crippen LogP) is 2.19. The molecule has 0 N–H and O–H groups in total. The molecule has 0 aliphatic heterocycles. The van der Waals surface area contributed by atoms with Crippen molar-refractivity contribution < 1.29 is 0 Å². The van der Waals surface area contributed by atoms with Gasteiger partial charge in [-0.2, -0.15) is 0 Å². The highest BCUT2D eigenvalue weighted by molar-refractivity contribution is 5.84. The molecule has 0 fully saturated rings. The lowest BCUT2D eigenvalue weighted by atomic mass is 10.1. The van der Waals surface area contributed by atoms with Crippen LogP contribution in [-0.4, -0.2) is 14.4 Å². The van der Waals surface area contributed by atoms with E-state index < -0.39 is 0 Å². The van der Waals surface area contributed by atoms with E-state index in [1.54, 1.807) is 6.20 Å². The second-order valence-electron chi connectivity index (χ2n) is 3.38. The van der Waals surface area contributed by atoms with Crippen molar-refractivity contribution in [2.45, 2.75) is 6.92 Å². The molecule has 0 saturated heterocycles. The van der Waals surface area contributed by atoms with Gasteiger partial charge in [0, 0.05) is 24.0 Å². The van der Waals surface area contributed by atoms with Crippen molar-refractivity contribution in [1.29, 1.82) is 0 Å². The van der Waals surface area contributed by atoms with Crippen LogP contribution in [0.4, 0.5) is 0 Å². The number of imidazole rings is 1. The number of rotatable bonds is 0. The summed E-state index contributed by atoms with van der Waals surface area (Å²) in [5, 5.41) is 1.23. The monoisotopic (exact) mass is 183 g/mol. The molecule has 0 radical (unpaired) electrons. The van der Waals surface area contributed by atoms with Crippen molar-refractivity contribution >= 4 is 16.6 Å². The summed E-state index contributed by atoms with van der Waals surface area (Å²) in [5.74, 6) is 0. The van der Waals surface area contributed by atoms with E-state index in [9.17, 15) is 0 Å². The smallest absolute Gasteiger partial charge is 0.137 e. The van der Waals surface area contributed by atoms with Crippen molar-refractivity contribution in [1.82, 2.24) is 14.4 Å². The molecule has 3 aromatic rings. The Balaban J connectivity index is 2.67. The lowest BCUT2D eigenvalue weighted by Gasteiger charge is -2.03. The van der Waals surface area contributed by atoms with Crippen LogP contribution in [0.3, 0.4) is 0 Å². The highest BCUT2D eigenvalue weighted by Gasteiger charge is 2.02. The van der Waals surface area contributed by atoms with E-state index in [4.69, 9.17) is 0 Å². The predicted molar refractivity (Wildman–Crippen MR) is 55.2 cm³/mol. The van der Waals surface area contributed by atoms with E-state index in [1.165, 1.54) is 10.9 Å². The zero-order valence-corrected chi connectivity index (χ0v) is 7.81. The Morgan fingerprint density at radius 1 is 1.29 bits per heavy atom. The summed E-state index contributed by atoms with van der Waals surface area (Å²) in [6.07, 6.45) is 7.45. The minimum Gasteiger partial charge on any atom is -0.298 e. The Morgan fingerprint density at radius 3 is 3.14 bits per heavy atom. The summed E-state index contributed by atoms with van der Waals surface area (Å²) in [4.78, 5) is 8.40. The van der Waals surface area contributed by atoms with Crippen molar-refractivity contribution in [2.24, 2.45) is 0 Å². The van der Waals surface area contributed by atoms with Crippen molar-refractivity contribution in [3.63, 3.8) is 0 Å². The molecule has 3 heteroatoms. The number of pyridine rings is 2. The maximum atomic E-state index is 4.26. The molecule has 3 heterocycles. The highest BCUT2D eigenvalue weighted by Crippen LogP contribution is 2.19. The van der Waals surface area contributed by atoms with Crippen molar-refractivity contribution in [3.8, 4) is 0 Å². The first kappa shape index (κ1) is 7.50. The first-order valence-electron chi connectivity index (χ1n) is 4.52. The van der Waals surface area contributed by atoms with Crippen molar-refractivity contribution in [3.05, 3.63) is 42.5 Å². The minimum atomic E-state index is 0.975. The minimum absolute atomic E-state index is 0.975. The first-order valence-corrected chi connectivity index (χ1v) is 4.52. The molecule has 0 bridgehead atoms. The van der Waals surface area contributed by atoms with E-state index in [2.05, 4.69) is 27.4 Å². The van der Waals surface area contributed by atoms with E-state index in [1.807, 2.05) is 24.7 Å². The molecule has 0 aliphatic rings. The van der Waals surface area contributed by atoms with Gasteiger partial charge in [-0.25, -0.2) is 4.98 Å². The lowest BCUT2D eigenvalue weighted by Crippen LogP contribution is -1.90. The average Bonchev–Trinajstić information content (AvgIpc) is 2.66. The normalized spacial score (nSPS) is 11.2. The van der Waals surface area contributed by atoms with Gasteiger partial charge in [0.25, 0.3) is 0 Å². The van der Waals surface area contributed by atoms with Gasteiger partial charge in [0.1, 0.15) is 5.65 Å². The fourth-order valence-corrected chi connectivity index (χ4v) is 1.81. The Labute approximate surface area is 81.0 Å². The summed E-state index contributed by atoms with van der Waals surface area (Å²) in [6.45, 7) is 2.09. The largest absolute Gasteiger partial charge is 0.298 e. The molecule has 14 heavy (non-hydrogen) atoms. The van der Waals surface area contributed by atoms with Gasteiger partial charge < -0.3 is 0 Å². The van der Waals surface area contributed by atoms with Crippen LogP contribution in [0.5, 0.6) is 0 Å². The van der Waals surface area contributed by atoms with E-state index in [-0.39, 0.29) is 0 Å². The maximum absolute atomic E-state index is 4.26. The third-order valence-corrected chi connectivity index (χ3v) is 2.50. The number of aryl methyl sites for hydroxylation is 1. The van der Waals surface area contributed by atoms with Crippen LogP contribution < -0.4 is 0 Å². The Hall–Kier alpha value is -1.90. The van der Waals surface area contributed by atoms with E-state index in [0.717, 1.165) is 11.2 Å². The number of hydrogen-bond acceptors (Lipinski definition) is 2. The van der Waals surface area contributed by atoms with Crippen LogP contribution in [0.25, 0.3) is 16.6 Å². The summed E-state index contributed by atoms with van der Waals surface area (Å²) in [6, 6.07) is 4.12. The highest BCUT2D eigenvalue weighted by atomic mass is 15.0. The molecule has 68 valence electrons. The molecule has 0 aliphatic carbocycles. The molecular formula is C11H9N3. The molecule has 3 aromatic heterocycles. The Kier molecular flexibility index (Phi) is 1.36. The van der Waals surface area contributed by atoms with E-state index in [0.29, 0.717) is 0 Å². The molecule has 0 atom stereocenters. The fraction of sp³-hybridized carbons (Fsp3) is 0.0909. The second kappa shape index (κ2) is 2.54. The maximum Gasteiger partial charge on any atom is 0.137 e. The zero-order valence-electron chi connectivity index (χ0n) is 7.81. The molecular weight excluding hydrogens is 174 g/mol. The van der Waals surface area contributed by atoms with Gasteiger partial charge >= 0.3 is 0 Å². The van der Waals surface area contributed by atoms with Crippen LogP contribution >= 0.6 is 0 Å². The van der Waals surface area contributed by atoms with Gasteiger partial charge in [0.15, 0.2) is 0 Å². The van der Waals surface area contributed by atoms with Gasteiger partial charge in [-0.3, -0.25) is 9.38 Å². The van der Waals surface area contributed by atoms with Crippen LogP contribution in [0.1, 0.15) is 5.56 Å². The quantitative estimate of drug-likeness (QED) is 0.534. The van der Waals surface area contributed by atoms with Gasteiger partial charge in [-0.15, -0.1) is 0 Å². The molecule has 0 aromatic carbocycles. The number of nitrogens with zero attached hydrogens (tertiary/aromatic N) is 3. The summed E-state index contributed by atoms with van der Waals surface area (Å²) in [5.41, 5.74) is 3.32. The van der Waals surface area contributed by atoms with Gasteiger partial charge in [-0.05, 0) is 24.6 Å². The number of aromatic nitrogens is 3. The van der Waals surface area contributed by atoms with Crippen molar-refractivity contribution in [2.75, 3.05) is 0 Å². The van der Waals surface area contributed by atoms with Gasteiger partial charge in [-0.1, -0.05) is 0 Å². The lowest BCUT2D eigenvalue weighted by molar-refractivity contribution is 1.21. The second-order valence-corrected chi connectivity index (χ2v) is 3.38. The molecule has 0 amide bonds. The SMILES string of the molecule is Cc1cc2nccn2c2cnccc12. The number of hydrogen-bond donors (Lipinski definition) is 0. The van der Waals surface area contributed by atoms with Crippen LogP contribution in [0.15, 0.2) is 36.9 Å². The summed E-state index contributed by atoms with van der Waals surface area (Å²) >= 11 is 0. The van der Waals surface area contributed by atoms with Crippen LogP contribution in [-0.2, 0) is 0 Å². The Bertz CT molecular complexity index is 610. The fourth-order valence-electron chi connectivity index (χ4n) is 1.81. The number of fused-ring (bicyclic) bond motifs is 3. The molecule has 0 spiro atoms. The average molecular weight is 183 g/mol. The first-order chi connectivity index (χ1) is 6.86. The van der Waals surface area contributed by atoms with Crippen LogP contribution in [0, 0.1) is 6.92 Å². The third-order valence-electron chi connectivity index (χ3n) is 2.50. The zero-order chi connectivity index (χ0) is 9.54. The van der Waals surface area contributed by atoms with Gasteiger partial charge in [0.2, 0.25) is 0 Å². The Morgan fingerprint density at radius 2 is 2.21 bits per heavy atom. The van der Waals surface area contributed by atoms with E-state index >= 15 is 0 Å². The topological polar surface area (TPSA) is 30.2 Å². The van der Waals surface area contributed by atoms with Gasteiger partial charge in [0.05, 0.1) is 11.7 Å². The van der Waals surface area contributed by atoms with Crippen LogP contribution in [0.2, 0.25) is 0 Å². The molecule has 3 rings (SSSR count). The standard InChI is InChI=1S/C11H9N3/c1-8-6-11-13-4-5-14(11)10-7-12-3-2-9(8)10/h2-7H,1H3.